The highest BCUT2D eigenvalue weighted by molar-refractivity contribution is 6.19. The van der Waals surface area contributed by atoms with Crippen molar-refractivity contribution < 1.29 is 14.3 Å². The molecular formula is C30H35N7O3. The number of benzene rings is 1. The number of hydrogen-bond donors (Lipinski definition) is 2. The van der Waals surface area contributed by atoms with E-state index in [1.807, 2.05) is 14.0 Å². The Bertz CT molecular complexity index is 1470. The minimum absolute atomic E-state index is 0.306. The molecule has 0 unspecified atom stereocenters. The number of rotatable bonds is 4. The van der Waals surface area contributed by atoms with Crippen molar-refractivity contribution in [3.63, 3.8) is 0 Å². The molecule has 2 N–H and O–H groups in total. The van der Waals surface area contributed by atoms with Crippen molar-refractivity contribution in [2.75, 3.05) is 48.4 Å². The maximum Gasteiger partial charge on any atom is 0.280 e. The van der Waals surface area contributed by atoms with Crippen LogP contribution in [0.25, 0.3) is 11.3 Å². The molecule has 2 bridgehead atoms. The molecule has 10 nitrogen and oxygen atoms in total. The Morgan fingerprint density at radius 1 is 1.12 bits per heavy atom. The minimum Gasteiger partial charge on any atom is -0.477 e. The van der Waals surface area contributed by atoms with E-state index in [-0.39, 0.29) is 5.91 Å². The third-order valence-corrected chi connectivity index (χ3v) is 8.32. The predicted molar refractivity (Wildman–Crippen MR) is 154 cm³/mol. The first kappa shape index (κ1) is 25.1. The number of nitrogens with zero attached hydrogens (tertiary/aromatic N) is 5. The number of aromatic nitrogens is 3. The third kappa shape index (κ3) is 4.92. The first-order valence-electron chi connectivity index (χ1n) is 14.3. The first-order valence-corrected chi connectivity index (χ1v) is 14.3. The van der Waals surface area contributed by atoms with Crippen LogP contribution in [-0.2, 0) is 11.8 Å². The zero-order valence-corrected chi connectivity index (χ0v) is 23.0. The number of guanidine groups is 1. The van der Waals surface area contributed by atoms with Crippen LogP contribution < -0.4 is 20.3 Å². The molecule has 40 heavy (non-hydrogen) atoms. The van der Waals surface area contributed by atoms with E-state index >= 15 is 0 Å². The number of carbonyl (C=O) groups is 1. The molecule has 0 spiro atoms. The Hall–Kier alpha value is -3.92. The number of nitrogens with one attached hydrogen (secondary N) is 2. The molecule has 4 aliphatic rings. The molecule has 5 heterocycles. The SMILES string of the molecule is Cc1cc2cc(n1)-c1cnn(C)c1OCCC[C@@H](C1CC1)CN1/C(=N/C2=O)Nc2cc(NCC3COC3)ccc21. The number of carbonyl (C=O) groups excluding carboxylic acids is 1. The average Bonchev–Trinajstić information content (AvgIpc) is 3.61. The summed E-state index contributed by atoms with van der Waals surface area (Å²) in [4.78, 5) is 25.2. The van der Waals surface area contributed by atoms with Crippen molar-refractivity contribution in [2.45, 2.75) is 32.6 Å². The van der Waals surface area contributed by atoms with Gasteiger partial charge in [0.15, 0.2) is 0 Å². The Balaban J connectivity index is 1.25. The van der Waals surface area contributed by atoms with Crippen LogP contribution in [0.5, 0.6) is 5.88 Å². The summed E-state index contributed by atoms with van der Waals surface area (Å²) in [6.45, 7) is 5.81. The maximum absolute atomic E-state index is 13.6. The van der Waals surface area contributed by atoms with Gasteiger partial charge in [0, 0.05) is 43.0 Å². The number of amides is 1. The molecule has 0 radical (unpaired) electrons. The van der Waals surface area contributed by atoms with E-state index in [9.17, 15) is 4.79 Å². The molecule has 208 valence electrons. The van der Waals surface area contributed by atoms with Crippen LogP contribution in [0.4, 0.5) is 17.1 Å². The molecule has 3 aliphatic heterocycles. The van der Waals surface area contributed by atoms with Crippen molar-refractivity contribution in [1.29, 1.82) is 0 Å². The lowest BCUT2D eigenvalue weighted by Crippen LogP contribution is -2.36. The highest BCUT2D eigenvalue weighted by atomic mass is 16.5. The van der Waals surface area contributed by atoms with Gasteiger partial charge in [-0.15, -0.1) is 0 Å². The fraction of sp³-hybridized carbons (Fsp3) is 0.467. The van der Waals surface area contributed by atoms with Gasteiger partial charge in [-0.3, -0.25) is 9.78 Å². The van der Waals surface area contributed by atoms with Crippen LogP contribution in [0.15, 0.2) is 41.5 Å². The van der Waals surface area contributed by atoms with E-state index in [0.717, 1.165) is 67.5 Å². The van der Waals surface area contributed by atoms with Crippen LogP contribution in [0.1, 0.15) is 41.7 Å². The molecule has 2 fully saturated rings. The fourth-order valence-electron chi connectivity index (χ4n) is 5.88. The number of pyridine rings is 1. The van der Waals surface area contributed by atoms with E-state index in [4.69, 9.17) is 14.5 Å². The molecule has 3 aromatic rings. The number of ether oxygens (including phenoxy) is 2. The quantitative estimate of drug-likeness (QED) is 0.498. The molecule has 1 saturated heterocycles. The molecule has 2 aromatic heterocycles. The Morgan fingerprint density at radius 3 is 2.80 bits per heavy atom. The second kappa shape index (κ2) is 10.2. The van der Waals surface area contributed by atoms with E-state index in [0.29, 0.717) is 47.5 Å². The molecule has 7 rings (SSSR count). The third-order valence-electron chi connectivity index (χ3n) is 8.32. The fourth-order valence-corrected chi connectivity index (χ4v) is 5.88. The van der Waals surface area contributed by atoms with Crippen LogP contribution in [0, 0.1) is 24.7 Å². The van der Waals surface area contributed by atoms with E-state index < -0.39 is 0 Å². The van der Waals surface area contributed by atoms with Gasteiger partial charge in [0.25, 0.3) is 5.91 Å². The lowest BCUT2D eigenvalue weighted by molar-refractivity contribution is -0.0248. The summed E-state index contributed by atoms with van der Waals surface area (Å²) in [5, 5.41) is 11.4. The summed E-state index contributed by atoms with van der Waals surface area (Å²) >= 11 is 0. The van der Waals surface area contributed by atoms with Crippen molar-refractivity contribution in [3.05, 3.63) is 47.8 Å². The summed E-state index contributed by atoms with van der Waals surface area (Å²) in [7, 11) is 1.87. The van der Waals surface area contributed by atoms with E-state index in [1.54, 1.807) is 23.0 Å². The van der Waals surface area contributed by atoms with Gasteiger partial charge in [0.2, 0.25) is 11.8 Å². The van der Waals surface area contributed by atoms with Crippen LogP contribution in [0.3, 0.4) is 0 Å². The monoisotopic (exact) mass is 541 g/mol. The first-order chi connectivity index (χ1) is 19.5. The van der Waals surface area contributed by atoms with Gasteiger partial charge < -0.3 is 25.0 Å². The predicted octanol–water partition coefficient (Wildman–Crippen LogP) is 4.48. The van der Waals surface area contributed by atoms with Crippen molar-refractivity contribution in [3.8, 4) is 17.1 Å². The largest absolute Gasteiger partial charge is 0.477 e. The second-order valence-electron chi connectivity index (χ2n) is 11.5. The van der Waals surface area contributed by atoms with E-state index in [1.165, 1.54) is 12.8 Å². The molecule has 10 heteroatoms. The summed E-state index contributed by atoms with van der Waals surface area (Å²) in [5.41, 5.74) is 5.73. The van der Waals surface area contributed by atoms with Gasteiger partial charge in [-0.05, 0) is 74.8 Å². The number of aliphatic imine (C=N–C) groups is 1. The minimum atomic E-state index is -0.306. The number of aryl methyl sites for hydroxylation is 2. The van der Waals surface area contributed by atoms with Gasteiger partial charge >= 0.3 is 0 Å². The lowest BCUT2D eigenvalue weighted by Gasteiger charge is -2.27. The topological polar surface area (TPSA) is 106 Å². The molecule has 1 aromatic carbocycles. The normalized spacial score (nSPS) is 22.4. The Kier molecular flexibility index (Phi) is 6.42. The Morgan fingerprint density at radius 2 is 2.00 bits per heavy atom. The zero-order valence-electron chi connectivity index (χ0n) is 23.0. The molecular weight excluding hydrogens is 506 g/mol. The standard InChI is InChI=1S/C30H35N7O3/c1-18-10-22-11-25(33-18)24-14-32-36(2)29(24)40-9-3-4-21(20-5-6-20)15-37-27-8-7-23(31-13-19-16-39-17-19)12-26(27)34-30(37)35-28(22)38/h7-8,10-12,14,19-21,31H,3-6,9,13,15-17H2,1-2H3,(H,34,35,38)/t21-/m1/s1. The molecule has 1 amide bonds. The number of fused-ring (bicyclic) bond motifs is 7. The highest BCUT2D eigenvalue weighted by Crippen LogP contribution is 2.43. The molecule has 1 aliphatic carbocycles. The lowest BCUT2D eigenvalue weighted by atomic mass is 9.97. The van der Waals surface area contributed by atoms with E-state index in [2.05, 4.69) is 43.8 Å². The van der Waals surface area contributed by atoms with Gasteiger partial charge in [-0.1, -0.05) is 0 Å². The van der Waals surface area contributed by atoms with Crippen molar-refractivity contribution in [2.24, 2.45) is 29.8 Å². The van der Waals surface area contributed by atoms with Gasteiger partial charge in [-0.2, -0.15) is 10.1 Å². The van der Waals surface area contributed by atoms with Gasteiger partial charge in [0.05, 0.1) is 48.6 Å². The van der Waals surface area contributed by atoms with Crippen LogP contribution >= 0.6 is 0 Å². The van der Waals surface area contributed by atoms with Crippen molar-refractivity contribution >= 4 is 28.9 Å². The number of anilines is 3. The van der Waals surface area contributed by atoms with Gasteiger partial charge in [-0.25, -0.2) is 4.68 Å². The second-order valence-corrected chi connectivity index (χ2v) is 11.5. The van der Waals surface area contributed by atoms with Crippen LogP contribution in [0.2, 0.25) is 0 Å². The molecule has 1 atom stereocenters. The van der Waals surface area contributed by atoms with Crippen molar-refractivity contribution in [1.82, 2.24) is 14.8 Å². The highest BCUT2D eigenvalue weighted by Gasteiger charge is 2.36. The van der Waals surface area contributed by atoms with Gasteiger partial charge in [0.1, 0.15) is 0 Å². The summed E-state index contributed by atoms with van der Waals surface area (Å²) < 4.78 is 13.3. The molecule has 1 saturated carbocycles. The summed E-state index contributed by atoms with van der Waals surface area (Å²) in [5.74, 6) is 2.68. The van der Waals surface area contributed by atoms with Crippen LogP contribution in [-0.4, -0.2) is 59.5 Å². The summed E-state index contributed by atoms with van der Waals surface area (Å²) in [6, 6.07) is 9.94. The summed E-state index contributed by atoms with van der Waals surface area (Å²) in [6.07, 6.45) is 6.23. The maximum atomic E-state index is 13.6. The number of hydrogen-bond acceptors (Lipinski definition) is 8. The zero-order chi connectivity index (χ0) is 27.2. The Labute approximate surface area is 233 Å². The average molecular weight is 542 g/mol. The smallest absolute Gasteiger partial charge is 0.280 e.